The van der Waals surface area contributed by atoms with E-state index in [9.17, 15) is 4.79 Å². The fourth-order valence-electron chi connectivity index (χ4n) is 2.34. The summed E-state index contributed by atoms with van der Waals surface area (Å²) in [5.74, 6) is 0.833. The van der Waals surface area contributed by atoms with Gasteiger partial charge in [0, 0.05) is 12.2 Å². The molecule has 2 rings (SSSR count). The number of aryl methyl sites for hydroxylation is 2. The standard InChI is InChI=1S/C19H24N2O2/c1-14-7-8-15(2)18(11-14)21-13-19(22)20-10-9-16-5-4-6-17(12-16)23-3/h4-8,11-12,21H,9-10,13H2,1-3H3,(H,20,22). The molecule has 0 bridgehead atoms. The lowest BCUT2D eigenvalue weighted by molar-refractivity contribution is -0.119. The highest BCUT2D eigenvalue weighted by molar-refractivity contribution is 5.81. The van der Waals surface area contributed by atoms with Gasteiger partial charge < -0.3 is 15.4 Å². The first-order valence-corrected chi connectivity index (χ1v) is 7.79. The lowest BCUT2D eigenvalue weighted by atomic mass is 10.1. The Morgan fingerprint density at radius 2 is 1.96 bits per heavy atom. The Kier molecular flexibility index (Phi) is 6.03. The highest BCUT2D eigenvalue weighted by Gasteiger charge is 2.03. The van der Waals surface area contributed by atoms with Crippen molar-refractivity contribution in [2.75, 3.05) is 25.5 Å². The highest BCUT2D eigenvalue weighted by Crippen LogP contribution is 2.15. The number of rotatable bonds is 7. The van der Waals surface area contributed by atoms with Crippen LogP contribution in [0.4, 0.5) is 5.69 Å². The van der Waals surface area contributed by atoms with Crippen molar-refractivity contribution >= 4 is 11.6 Å². The molecule has 122 valence electrons. The molecule has 0 radical (unpaired) electrons. The molecule has 0 heterocycles. The minimum Gasteiger partial charge on any atom is -0.497 e. The fraction of sp³-hybridized carbons (Fsp3) is 0.316. The number of amides is 1. The number of hydrogen-bond acceptors (Lipinski definition) is 3. The molecular weight excluding hydrogens is 288 g/mol. The largest absolute Gasteiger partial charge is 0.497 e. The van der Waals surface area contributed by atoms with Crippen LogP contribution in [0, 0.1) is 13.8 Å². The Hall–Kier alpha value is -2.49. The molecule has 2 aromatic rings. The maximum Gasteiger partial charge on any atom is 0.239 e. The number of ether oxygens (including phenoxy) is 1. The summed E-state index contributed by atoms with van der Waals surface area (Å²) in [6.07, 6.45) is 0.784. The summed E-state index contributed by atoms with van der Waals surface area (Å²) in [6.45, 7) is 4.96. The zero-order valence-electron chi connectivity index (χ0n) is 14.0. The quantitative estimate of drug-likeness (QED) is 0.826. The first-order valence-electron chi connectivity index (χ1n) is 7.79. The van der Waals surface area contributed by atoms with Crippen LogP contribution < -0.4 is 15.4 Å². The molecule has 0 aromatic heterocycles. The third kappa shape index (κ3) is 5.33. The Bertz CT molecular complexity index is 668. The van der Waals surface area contributed by atoms with Gasteiger partial charge in [-0.3, -0.25) is 4.79 Å². The monoisotopic (exact) mass is 312 g/mol. The first kappa shape index (κ1) is 16.9. The van der Waals surface area contributed by atoms with Crippen LogP contribution in [0.25, 0.3) is 0 Å². The number of carbonyl (C=O) groups excluding carboxylic acids is 1. The van der Waals surface area contributed by atoms with Crippen LogP contribution in [-0.2, 0) is 11.2 Å². The molecule has 0 aliphatic rings. The summed E-state index contributed by atoms with van der Waals surface area (Å²) in [5.41, 5.74) is 4.47. The fourth-order valence-corrected chi connectivity index (χ4v) is 2.34. The number of carbonyl (C=O) groups is 1. The molecule has 0 spiro atoms. The van der Waals surface area contributed by atoms with Gasteiger partial charge in [0.15, 0.2) is 0 Å². The van der Waals surface area contributed by atoms with E-state index in [1.54, 1.807) is 7.11 Å². The van der Waals surface area contributed by atoms with E-state index in [4.69, 9.17) is 4.74 Å². The average molecular weight is 312 g/mol. The lowest BCUT2D eigenvalue weighted by Gasteiger charge is -2.11. The third-order valence-electron chi connectivity index (χ3n) is 3.70. The van der Waals surface area contributed by atoms with Crippen LogP contribution in [-0.4, -0.2) is 26.1 Å². The van der Waals surface area contributed by atoms with Crippen molar-refractivity contribution in [3.8, 4) is 5.75 Å². The van der Waals surface area contributed by atoms with E-state index in [1.165, 1.54) is 5.56 Å². The maximum absolute atomic E-state index is 11.9. The normalized spacial score (nSPS) is 10.2. The van der Waals surface area contributed by atoms with Gasteiger partial charge in [0.05, 0.1) is 13.7 Å². The molecule has 23 heavy (non-hydrogen) atoms. The second kappa shape index (κ2) is 8.22. The van der Waals surface area contributed by atoms with Gasteiger partial charge in [0.1, 0.15) is 5.75 Å². The molecule has 0 aliphatic carbocycles. The van der Waals surface area contributed by atoms with E-state index in [1.807, 2.05) is 38.1 Å². The Morgan fingerprint density at radius 1 is 1.13 bits per heavy atom. The number of nitrogens with one attached hydrogen (secondary N) is 2. The number of methoxy groups -OCH3 is 1. The Labute approximate surface area is 137 Å². The molecule has 2 N–H and O–H groups in total. The summed E-state index contributed by atoms with van der Waals surface area (Å²) in [4.78, 5) is 11.9. The van der Waals surface area contributed by atoms with Gasteiger partial charge in [-0.2, -0.15) is 0 Å². The molecule has 0 atom stereocenters. The number of hydrogen-bond donors (Lipinski definition) is 2. The lowest BCUT2D eigenvalue weighted by Crippen LogP contribution is -2.31. The van der Waals surface area contributed by atoms with Crippen molar-refractivity contribution in [1.82, 2.24) is 5.32 Å². The van der Waals surface area contributed by atoms with Gasteiger partial charge in [0.25, 0.3) is 0 Å². The minimum atomic E-state index is -0.00574. The van der Waals surface area contributed by atoms with E-state index in [0.717, 1.165) is 29.0 Å². The van der Waals surface area contributed by atoms with Crippen LogP contribution in [0.2, 0.25) is 0 Å². The molecular formula is C19H24N2O2. The summed E-state index contributed by atoms with van der Waals surface area (Å²) in [7, 11) is 1.65. The Balaban J connectivity index is 1.75. The summed E-state index contributed by atoms with van der Waals surface area (Å²) < 4.78 is 5.19. The van der Waals surface area contributed by atoms with Crippen LogP contribution >= 0.6 is 0 Å². The van der Waals surface area contributed by atoms with E-state index in [2.05, 4.69) is 28.8 Å². The average Bonchev–Trinajstić information content (AvgIpc) is 2.56. The third-order valence-corrected chi connectivity index (χ3v) is 3.70. The van der Waals surface area contributed by atoms with E-state index in [0.29, 0.717) is 6.54 Å². The van der Waals surface area contributed by atoms with Crippen LogP contribution in [0.1, 0.15) is 16.7 Å². The van der Waals surface area contributed by atoms with Crippen molar-refractivity contribution in [2.45, 2.75) is 20.3 Å². The number of anilines is 1. The highest BCUT2D eigenvalue weighted by atomic mass is 16.5. The topological polar surface area (TPSA) is 50.4 Å². The summed E-state index contributed by atoms with van der Waals surface area (Å²) in [6, 6.07) is 14.1. The van der Waals surface area contributed by atoms with Gasteiger partial charge in [-0.15, -0.1) is 0 Å². The zero-order chi connectivity index (χ0) is 16.7. The molecule has 0 aliphatic heterocycles. The van der Waals surface area contributed by atoms with Crippen LogP contribution in [0.3, 0.4) is 0 Å². The van der Waals surface area contributed by atoms with Gasteiger partial charge in [-0.1, -0.05) is 24.3 Å². The molecule has 0 saturated carbocycles. The van der Waals surface area contributed by atoms with Gasteiger partial charge >= 0.3 is 0 Å². The van der Waals surface area contributed by atoms with Gasteiger partial charge in [-0.05, 0) is 55.2 Å². The maximum atomic E-state index is 11.9. The van der Waals surface area contributed by atoms with E-state index < -0.39 is 0 Å². The van der Waals surface area contributed by atoms with Gasteiger partial charge in [-0.25, -0.2) is 0 Å². The van der Waals surface area contributed by atoms with Crippen LogP contribution in [0.5, 0.6) is 5.75 Å². The van der Waals surface area contributed by atoms with Crippen LogP contribution in [0.15, 0.2) is 42.5 Å². The summed E-state index contributed by atoms with van der Waals surface area (Å²) in [5, 5.41) is 6.12. The second-order valence-corrected chi connectivity index (χ2v) is 5.62. The molecule has 4 nitrogen and oxygen atoms in total. The minimum absolute atomic E-state index is 0.00574. The first-order chi connectivity index (χ1) is 11.1. The SMILES string of the molecule is COc1cccc(CCNC(=O)CNc2cc(C)ccc2C)c1. The molecule has 4 heteroatoms. The van der Waals surface area contributed by atoms with Crippen molar-refractivity contribution in [3.05, 3.63) is 59.2 Å². The molecule has 0 unspecified atom stereocenters. The van der Waals surface area contributed by atoms with Crippen molar-refractivity contribution in [2.24, 2.45) is 0 Å². The molecule has 0 fully saturated rings. The predicted molar refractivity (Wildman–Crippen MR) is 94.1 cm³/mol. The second-order valence-electron chi connectivity index (χ2n) is 5.62. The van der Waals surface area contributed by atoms with Crippen molar-refractivity contribution in [3.63, 3.8) is 0 Å². The summed E-state index contributed by atoms with van der Waals surface area (Å²) >= 11 is 0. The van der Waals surface area contributed by atoms with Crippen molar-refractivity contribution in [1.29, 1.82) is 0 Å². The predicted octanol–water partition coefficient (Wildman–Crippen LogP) is 3.08. The van der Waals surface area contributed by atoms with E-state index in [-0.39, 0.29) is 12.5 Å². The molecule has 0 saturated heterocycles. The zero-order valence-corrected chi connectivity index (χ0v) is 14.0. The molecule has 1 amide bonds. The Morgan fingerprint density at radius 3 is 2.74 bits per heavy atom. The van der Waals surface area contributed by atoms with Crippen molar-refractivity contribution < 1.29 is 9.53 Å². The smallest absolute Gasteiger partial charge is 0.239 e. The van der Waals surface area contributed by atoms with E-state index >= 15 is 0 Å². The molecule has 2 aromatic carbocycles. The van der Waals surface area contributed by atoms with Gasteiger partial charge in [0.2, 0.25) is 5.91 Å². The number of benzene rings is 2.